The molecule has 0 radical (unpaired) electrons. The molecular weight excluding hydrogens is 397 g/mol. The smallest absolute Gasteiger partial charge is 0.460 e. The number of esters is 1. The van der Waals surface area contributed by atoms with Gasteiger partial charge in [0.15, 0.2) is 17.0 Å². The fourth-order valence-electron chi connectivity index (χ4n) is 2.85. The number of aromatic nitrogens is 4. The van der Waals surface area contributed by atoms with Gasteiger partial charge in [0.1, 0.15) is 24.8 Å². The van der Waals surface area contributed by atoms with E-state index in [1.54, 1.807) is 4.57 Å². The number of rotatable bonds is 6. The number of hydrogen-bond acceptors (Lipinski definition) is 9. The van der Waals surface area contributed by atoms with E-state index in [2.05, 4.69) is 24.8 Å². The number of nitrogens with one attached hydrogen (secondary N) is 1. The summed E-state index contributed by atoms with van der Waals surface area (Å²) < 4.78 is 28.0. The van der Waals surface area contributed by atoms with E-state index < -0.39 is 38.8 Å². The highest BCUT2D eigenvalue weighted by molar-refractivity contribution is 7.46. The fourth-order valence-corrected chi connectivity index (χ4v) is 3.19. The van der Waals surface area contributed by atoms with Crippen molar-refractivity contribution < 1.29 is 37.9 Å². The number of fused-ring (bicyclic) bond motifs is 1. The van der Waals surface area contributed by atoms with E-state index in [4.69, 9.17) is 19.3 Å². The molecule has 14 heteroatoms. The van der Waals surface area contributed by atoms with E-state index >= 15 is 0 Å². The summed E-state index contributed by atoms with van der Waals surface area (Å²) in [5.74, 6) is -0.662. The van der Waals surface area contributed by atoms with Crippen molar-refractivity contribution in [2.75, 3.05) is 11.9 Å². The Morgan fingerprint density at radius 3 is 2.75 bits per heavy atom. The van der Waals surface area contributed by atoms with Crippen molar-refractivity contribution in [1.29, 1.82) is 0 Å². The zero-order chi connectivity index (χ0) is 20.5. The molecule has 0 aliphatic carbocycles. The van der Waals surface area contributed by atoms with Gasteiger partial charge < -0.3 is 24.6 Å². The van der Waals surface area contributed by atoms with Crippen molar-refractivity contribution >= 4 is 36.7 Å². The van der Waals surface area contributed by atoms with E-state index in [0.717, 1.165) is 0 Å². The van der Waals surface area contributed by atoms with Gasteiger partial charge >= 0.3 is 13.8 Å². The predicted molar refractivity (Wildman–Crippen MR) is 91.7 cm³/mol. The van der Waals surface area contributed by atoms with Gasteiger partial charge in [-0.2, -0.15) is 0 Å². The minimum absolute atomic E-state index is 0.180. The normalized spacial score (nSPS) is 22.4. The first-order valence-electron chi connectivity index (χ1n) is 8.12. The quantitative estimate of drug-likeness (QED) is 0.431. The highest BCUT2D eigenvalue weighted by atomic mass is 31.2. The lowest BCUT2D eigenvalue weighted by Crippen LogP contribution is -2.30. The number of amides is 1. The van der Waals surface area contributed by atoms with Crippen LogP contribution >= 0.6 is 7.82 Å². The van der Waals surface area contributed by atoms with Gasteiger partial charge in [0.25, 0.3) is 0 Å². The Balaban J connectivity index is 1.86. The average Bonchev–Trinajstić information content (AvgIpc) is 3.15. The van der Waals surface area contributed by atoms with Crippen LogP contribution in [0.3, 0.4) is 0 Å². The van der Waals surface area contributed by atoms with Crippen LogP contribution in [-0.4, -0.2) is 60.0 Å². The first-order valence-corrected chi connectivity index (χ1v) is 9.65. The second-order valence-electron chi connectivity index (χ2n) is 6.03. The summed E-state index contributed by atoms with van der Waals surface area (Å²) in [4.78, 5) is 52.8. The third kappa shape index (κ3) is 4.69. The van der Waals surface area contributed by atoms with Crippen LogP contribution in [0.25, 0.3) is 11.2 Å². The number of carbonyl (C=O) groups excluding carboxylic acids is 2. The zero-order valence-electron chi connectivity index (χ0n) is 14.9. The van der Waals surface area contributed by atoms with Crippen molar-refractivity contribution in [3.05, 3.63) is 12.7 Å². The van der Waals surface area contributed by atoms with Crippen LogP contribution in [0.2, 0.25) is 0 Å². The summed E-state index contributed by atoms with van der Waals surface area (Å²) in [7, 11) is -4.72. The Kier molecular flexibility index (Phi) is 5.72. The SMILES string of the molecule is CC(=O)Nc1ncnc2c1ncn2[C@H]1C[C@H](OC(C)=O)[C@@H](COP(=O)(O)O)O1. The maximum absolute atomic E-state index is 11.3. The largest absolute Gasteiger partial charge is 0.469 e. The van der Waals surface area contributed by atoms with Crippen LogP contribution in [0.4, 0.5) is 5.82 Å². The van der Waals surface area contributed by atoms with Crippen LogP contribution in [0.15, 0.2) is 12.7 Å². The minimum Gasteiger partial charge on any atom is -0.460 e. The Bertz CT molecular complexity index is 943. The van der Waals surface area contributed by atoms with Gasteiger partial charge in [-0.15, -0.1) is 0 Å². The highest BCUT2D eigenvalue weighted by Crippen LogP contribution is 2.39. The molecule has 2 aromatic rings. The minimum atomic E-state index is -4.72. The lowest BCUT2D eigenvalue weighted by atomic mass is 10.2. The molecule has 1 saturated heterocycles. The fraction of sp³-hybridized carbons (Fsp3) is 0.500. The molecule has 3 N–H and O–H groups in total. The summed E-state index contributed by atoms with van der Waals surface area (Å²) in [6.07, 6.45) is 0.462. The molecule has 3 atom stereocenters. The molecule has 1 aliphatic heterocycles. The van der Waals surface area contributed by atoms with Crippen molar-refractivity contribution in [2.24, 2.45) is 0 Å². The van der Waals surface area contributed by atoms with Crippen molar-refractivity contribution in [1.82, 2.24) is 19.5 Å². The van der Waals surface area contributed by atoms with E-state index in [1.807, 2.05) is 0 Å². The second kappa shape index (κ2) is 7.89. The Labute approximate surface area is 158 Å². The number of phosphoric acid groups is 1. The van der Waals surface area contributed by atoms with Gasteiger partial charge in [-0.25, -0.2) is 19.5 Å². The summed E-state index contributed by atoms with van der Waals surface area (Å²) in [5, 5.41) is 2.55. The number of phosphoric ester groups is 1. The first-order chi connectivity index (χ1) is 13.1. The van der Waals surface area contributed by atoms with Crippen LogP contribution in [0.5, 0.6) is 0 Å². The molecule has 1 aliphatic rings. The number of carbonyl (C=O) groups is 2. The number of nitrogens with zero attached hydrogens (tertiary/aromatic N) is 4. The molecule has 0 saturated carbocycles. The summed E-state index contributed by atoms with van der Waals surface area (Å²) in [6.45, 7) is 2.07. The van der Waals surface area contributed by atoms with Crippen molar-refractivity contribution in [3.63, 3.8) is 0 Å². The zero-order valence-corrected chi connectivity index (χ0v) is 15.8. The summed E-state index contributed by atoms with van der Waals surface area (Å²) in [5.41, 5.74) is 0.696. The van der Waals surface area contributed by atoms with Gasteiger partial charge in [-0.3, -0.25) is 18.7 Å². The second-order valence-corrected chi connectivity index (χ2v) is 7.27. The molecule has 3 heterocycles. The topological polar surface area (TPSA) is 175 Å². The summed E-state index contributed by atoms with van der Waals surface area (Å²) in [6, 6.07) is 0. The molecule has 0 aromatic carbocycles. The lowest BCUT2D eigenvalue weighted by Gasteiger charge is -2.18. The molecule has 28 heavy (non-hydrogen) atoms. The van der Waals surface area contributed by atoms with E-state index in [-0.39, 0.29) is 18.1 Å². The Morgan fingerprint density at radius 1 is 1.36 bits per heavy atom. The molecular formula is C14H18N5O8P. The molecule has 1 amide bonds. The average molecular weight is 415 g/mol. The van der Waals surface area contributed by atoms with E-state index in [0.29, 0.717) is 11.2 Å². The van der Waals surface area contributed by atoms with Gasteiger partial charge in [0.05, 0.1) is 12.9 Å². The molecule has 0 spiro atoms. The van der Waals surface area contributed by atoms with E-state index in [1.165, 1.54) is 26.5 Å². The van der Waals surface area contributed by atoms with Gasteiger partial charge in [-0.05, 0) is 0 Å². The van der Waals surface area contributed by atoms with Gasteiger partial charge in [-0.1, -0.05) is 0 Å². The highest BCUT2D eigenvalue weighted by Gasteiger charge is 2.40. The molecule has 0 bridgehead atoms. The van der Waals surface area contributed by atoms with Crippen molar-refractivity contribution in [3.8, 4) is 0 Å². The lowest BCUT2D eigenvalue weighted by molar-refractivity contribution is -0.150. The number of anilines is 1. The number of hydrogen-bond donors (Lipinski definition) is 3. The molecule has 3 rings (SSSR count). The molecule has 152 valence electrons. The molecule has 13 nitrogen and oxygen atoms in total. The Hall–Kier alpha value is -2.44. The van der Waals surface area contributed by atoms with Gasteiger partial charge in [0, 0.05) is 20.3 Å². The first kappa shape index (κ1) is 20.3. The van der Waals surface area contributed by atoms with Crippen LogP contribution in [-0.2, 0) is 28.2 Å². The van der Waals surface area contributed by atoms with Crippen LogP contribution < -0.4 is 5.32 Å². The summed E-state index contributed by atoms with van der Waals surface area (Å²) >= 11 is 0. The van der Waals surface area contributed by atoms with E-state index in [9.17, 15) is 14.2 Å². The number of imidazole rings is 1. The third-order valence-corrected chi connectivity index (χ3v) is 4.35. The molecule has 0 unspecified atom stereocenters. The molecule has 2 aromatic heterocycles. The van der Waals surface area contributed by atoms with Crippen LogP contribution in [0, 0.1) is 0 Å². The van der Waals surface area contributed by atoms with Gasteiger partial charge in [0.2, 0.25) is 5.91 Å². The number of ether oxygens (including phenoxy) is 2. The Morgan fingerprint density at radius 2 is 2.11 bits per heavy atom. The monoisotopic (exact) mass is 415 g/mol. The standard InChI is InChI=1S/C14H18N5O8P/c1-7(20)18-13-12-14(16-5-15-13)19(6-17-12)11-3-9(26-8(2)21)10(27-11)4-25-28(22,23)24/h5-6,9-11H,3-4H2,1-2H3,(H2,22,23,24)(H,15,16,18,20)/t9-,10+,11+/m0/s1. The third-order valence-electron chi connectivity index (χ3n) is 3.87. The predicted octanol–water partition coefficient (Wildman–Crippen LogP) is 0.113. The maximum atomic E-state index is 11.3. The van der Waals surface area contributed by atoms with Crippen molar-refractivity contribution in [2.45, 2.75) is 38.7 Å². The van der Waals surface area contributed by atoms with Crippen LogP contribution in [0.1, 0.15) is 26.5 Å². The molecule has 1 fully saturated rings. The maximum Gasteiger partial charge on any atom is 0.469 e.